The maximum Gasteiger partial charge on any atom is 0.340 e. The lowest BCUT2D eigenvalue weighted by atomic mass is 10.0. The van der Waals surface area contributed by atoms with Gasteiger partial charge in [-0.2, -0.15) is 0 Å². The Kier molecular flexibility index (Phi) is 4.43. The van der Waals surface area contributed by atoms with Gasteiger partial charge in [0.25, 0.3) is 0 Å². The summed E-state index contributed by atoms with van der Waals surface area (Å²) >= 11 is 0. The number of methoxy groups -OCH3 is 1. The summed E-state index contributed by atoms with van der Waals surface area (Å²) in [5.74, 6) is -1.38. The molecule has 0 amide bonds. The number of carbonyl (C=O) groups is 1. The highest BCUT2D eigenvalue weighted by atomic mass is 19.1. The summed E-state index contributed by atoms with van der Waals surface area (Å²) < 4.78 is 17.9. The summed E-state index contributed by atoms with van der Waals surface area (Å²) in [6.07, 6.45) is 0.685. The quantitative estimate of drug-likeness (QED) is 0.802. The highest BCUT2D eigenvalue weighted by Crippen LogP contribution is 2.21. The zero-order valence-corrected chi connectivity index (χ0v) is 9.37. The molecule has 1 aromatic rings. The van der Waals surface area contributed by atoms with Crippen molar-refractivity contribution in [2.24, 2.45) is 0 Å². The van der Waals surface area contributed by atoms with E-state index in [4.69, 9.17) is 0 Å². The van der Waals surface area contributed by atoms with Gasteiger partial charge in [-0.3, -0.25) is 0 Å². The maximum absolute atomic E-state index is 13.5. The average molecular weight is 226 g/mol. The van der Waals surface area contributed by atoms with Crippen molar-refractivity contribution in [1.82, 2.24) is 0 Å². The molecule has 0 aliphatic carbocycles. The topological polar surface area (TPSA) is 46.5 Å². The third kappa shape index (κ3) is 2.79. The zero-order valence-electron chi connectivity index (χ0n) is 9.37. The minimum absolute atomic E-state index is 0.116. The van der Waals surface area contributed by atoms with E-state index in [2.05, 4.69) is 4.74 Å². The molecule has 0 fully saturated rings. The molecule has 0 saturated carbocycles. The molecule has 0 radical (unpaired) electrons. The molecular formula is C12H15FO3. The molecule has 0 saturated heterocycles. The third-order valence-electron chi connectivity index (χ3n) is 2.35. The number of ether oxygens (including phenoxy) is 1. The van der Waals surface area contributed by atoms with Crippen LogP contribution in [0.3, 0.4) is 0 Å². The lowest BCUT2D eigenvalue weighted by molar-refractivity contribution is 0.0595. The van der Waals surface area contributed by atoms with Gasteiger partial charge < -0.3 is 9.84 Å². The minimum atomic E-state index is -0.714. The van der Waals surface area contributed by atoms with Gasteiger partial charge >= 0.3 is 5.97 Å². The third-order valence-corrected chi connectivity index (χ3v) is 2.35. The number of esters is 1. The Morgan fingerprint density at radius 1 is 1.56 bits per heavy atom. The molecule has 1 N–H and O–H groups in total. The lowest BCUT2D eigenvalue weighted by Gasteiger charge is -2.10. The van der Waals surface area contributed by atoms with Gasteiger partial charge in [-0.15, -0.1) is 0 Å². The van der Waals surface area contributed by atoms with E-state index in [9.17, 15) is 14.3 Å². The fourth-order valence-corrected chi connectivity index (χ4v) is 1.45. The first-order valence-corrected chi connectivity index (χ1v) is 5.16. The average Bonchev–Trinajstić information content (AvgIpc) is 2.28. The molecule has 0 spiro atoms. The van der Waals surface area contributed by atoms with Crippen molar-refractivity contribution in [2.45, 2.75) is 25.9 Å². The van der Waals surface area contributed by atoms with Crippen molar-refractivity contribution in [1.29, 1.82) is 0 Å². The van der Waals surface area contributed by atoms with E-state index < -0.39 is 17.9 Å². The van der Waals surface area contributed by atoms with Crippen LogP contribution >= 0.6 is 0 Å². The van der Waals surface area contributed by atoms with Crippen LogP contribution in [0.2, 0.25) is 0 Å². The van der Waals surface area contributed by atoms with Crippen LogP contribution in [0.25, 0.3) is 0 Å². The fraction of sp³-hybridized carbons (Fsp3) is 0.417. The molecule has 1 aromatic carbocycles. The Bertz CT molecular complexity index is 377. The number of hydrogen-bond acceptors (Lipinski definition) is 3. The number of halogens is 1. The predicted octanol–water partition coefficient (Wildman–Crippen LogP) is 2.45. The van der Waals surface area contributed by atoms with Gasteiger partial charge in [0.1, 0.15) is 5.82 Å². The van der Waals surface area contributed by atoms with Crippen molar-refractivity contribution in [2.75, 3.05) is 7.11 Å². The van der Waals surface area contributed by atoms with Crippen LogP contribution in [0.15, 0.2) is 18.2 Å². The first-order chi connectivity index (χ1) is 7.60. The first-order valence-electron chi connectivity index (χ1n) is 5.16. The molecule has 16 heavy (non-hydrogen) atoms. The van der Waals surface area contributed by atoms with Gasteiger partial charge in [-0.25, -0.2) is 9.18 Å². The molecular weight excluding hydrogens is 211 g/mol. The monoisotopic (exact) mass is 226 g/mol. The van der Waals surface area contributed by atoms with Gasteiger partial charge in [0.05, 0.1) is 18.8 Å². The van der Waals surface area contributed by atoms with E-state index >= 15 is 0 Å². The number of aliphatic hydroxyl groups is 1. The summed E-state index contributed by atoms with van der Waals surface area (Å²) in [5, 5.41) is 9.65. The number of benzene rings is 1. The van der Waals surface area contributed by atoms with Crippen molar-refractivity contribution in [3.8, 4) is 0 Å². The molecule has 0 unspecified atom stereocenters. The number of rotatable bonds is 4. The Morgan fingerprint density at radius 3 is 2.75 bits per heavy atom. The van der Waals surface area contributed by atoms with E-state index in [1.165, 1.54) is 25.3 Å². The molecule has 0 bridgehead atoms. The van der Waals surface area contributed by atoms with Gasteiger partial charge in [-0.1, -0.05) is 19.4 Å². The van der Waals surface area contributed by atoms with Crippen LogP contribution in [-0.2, 0) is 4.74 Å². The van der Waals surface area contributed by atoms with Crippen LogP contribution in [-0.4, -0.2) is 18.2 Å². The summed E-state index contributed by atoms with van der Waals surface area (Å²) in [5.41, 5.74) is 0.363. The standard InChI is InChI=1S/C12H15FO3/c1-3-4-11(14)8-5-6-9(10(13)7-8)12(15)16-2/h5-7,11,14H,3-4H2,1-2H3/t11-/m1/s1. The first kappa shape index (κ1) is 12.6. The van der Waals surface area contributed by atoms with E-state index in [1.807, 2.05) is 6.92 Å². The molecule has 1 rings (SSSR count). The normalized spacial score (nSPS) is 12.2. The zero-order chi connectivity index (χ0) is 12.1. The van der Waals surface area contributed by atoms with E-state index in [0.29, 0.717) is 12.0 Å². The maximum atomic E-state index is 13.5. The molecule has 4 heteroatoms. The lowest BCUT2D eigenvalue weighted by Crippen LogP contribution is -2.06. The minimum Gasteiger partial charge on any atom is -0.465 e. The van der Waals surface area contributed by atoms with Crippen LogP contribution in [0.4, 0.5) is 4.39 Å². The highest BCUT2D eigenvalue weighted by Gasteiger charge is 2.14. The smallest absolute Gasteiger partial charge is 0.340 e. The second-order valence-corrected chi connectivity index (χ2v) is 3.54. The molecule has 0 aliphatic heterocycles. The second-order valence-electron chi connectivity index (χ2n) is 3.54. The molecule has 3 nitrogen and oxygen atoms in total. The van der Waals surface area contributed by atoms with E-state index in [-0.39, 0.29) is 5.56 Å². The highest BCUT2D eigenvalue weighted by molar-refractivity contribution is 5.89. The molecule has 0 aromatic heterocycles. The number of aliphatic hydroxyl groups excluding tert-OH is 1. The van der Waals surface area contributed by atoms with E-state index in [0.717, 1.165) is 6.42 Å². The Morgan fingerprint density at radius 2 is 2.25 bits per heavy atom. The predicted molar refractivity (Wildman–Crippen MR) is 57.6 cm³/mol. The number of carbonyl (C=O) groups excluding carboxylic acids is 1. The number of hydrogen-bond donors (Lipinski definition) is 1. The van der Waals surface area contributed by atoms with Crippen LogP contribution < -0.4 is 0 Å². The van der Waals surface area contributed by atoms with Crippen LogP contribution in [0.1, 0.15) is 41.8 Å². The van der Waals surface area contributed by atoms with Crippen molar-refractivity contribution in [3.63, 3.8) is 0 Å². The summed E-state index contributed by atoms with van der Waals surface area (Å²) in [6.45, 7) is 1.93. The molecule has 0 aliphatic rings. The van der Waals surface area contributed by atoms with Gasteiger partial charge in [0.15, 0.2) is 0 Å². The van der Waals surface area contributed by atoms with Crippen molar-refractivity contribution >= 4 is 5.97 Å². The Labute approximate surface area is 93.9 Å². The van der Waals surface area contributed by atoms with E-state index in [1.54, 1.807) is 0 Å². The Balaban J connectivity index is 2.94. The summed E-state index contributed by atoms with van der Waals surface area (Å²) in [4.78, 5) is 11.1. The molecule has 1 atom stereocenters. The summed E-state index contributed by atoms with van der Waals surface area (Å²) in [6, 6.07) is 4.04. The molecule has 88 valence electrons. The van der Waals surface area contributed by atoms with Crippen LogP contribution in [0.5, 0.6) is 0 Å². The largest absolute Gasteiger partial charge is 0.465 e. The Hall–Kier alpha value is -1.42. The summed E-state index contributed by atoms with van der Waals surface area (Å²) in [7, 11) is 1.20. The SMILES string of the molecule is CCC[C@@H](O)c1ccc(C(=O)OC)c(F)c1. The van der Waals surface area contributed by atoms with Crippen molar-refractivity contribution in [3.05, 3.63) is 35.1 Å². The van der Waals surface area contributed by atoms with Crippen LogP contribution in [0, 0.1) is 5.82 Å². The van der Waals surface area contributed by atoms with Gasteiger partial charge in [-0.05, 0) is 24.1 Å². The second kappa shape index (κ2) is 5.61. The van der Waals surface area contributed by atoms with Crippen molar-refractivity contribution < 1.29 is 19.0 Å². The van der Waals surface area contributed by atoms with Gasteiger partial charge in [0, 0.05) is 0 Å². The van der Waals surface area contributed by atoms with Gasteiger partial charge in [0.2, 0.25) is 0 Å². The fourth-order valence-electron chi connectivity index (χ4n) is 1.45. The molecule has 0 heterocycles.